The lowest BCUT2D eigenvalue weighted by atomic mass is 10.2. The molecule has 1 aliphatic rings. The fourth-order valence-corrected chi connectivity index (χ4v) is 3.94. The second kappa shape index (κ2) is 11.4. The minimum absolute atomic E-state index is 0.0559. The predicted octanol–water partition coefficient (Wildman–Crippen LogP) is 4.36. The molecule has 0 radical (unpaired) electrons. The number of rotatable bonds is 9. The summed E-state index contributed by atoms with van der Waals surface area (Å²) < 4.78 is 15.7. The number of ether oxygens (including phenoxy) is 3. The highest BCUT2D eigenvalue weighted by atomic mass is 32.2. The summed E-state index contributed by atoms with van der Waals surface area (Å²) in [6.07, 6.45) is 2.30. The van der Waals surface area contributed by atoms with Crippen molar-refractivity contribution in [3.05, 3.63) is 71.9 Å². The molecule has 2 amide bonds. The zero-order valence-electron chi connectivity index (χ0n) is 18.9. The maximum absolute atomic E-state index is 12.9. The molecule has 10 heteroatoms. The second-order valence-corrected chi connectivity index (χ2v) is 8.39. The number of esters is 1. The summed E-state index contributed by atoms with van der Waals surface area (Å²) in [4.78, 5) is 41.5. The van der Waals surface area contributed by atoms with Crippen LogP contribution in [0.5, 0.6) is 11.5 Å². The molecule has 4 rings (SSSR count). The first-order chi connectivity index (χ1) is 17.0. The number of hydrogen-bond donors (Lipinski definition) is 2. The zero-order chi connectivity index (χ0) is 24.6. The third-order valence-electron chi connectivity index (χ3n) is 4.83. The first-order valence-electron chi connectivity index (χ1n) is 10.9. The lowest BCUT2D eigenvalue weighted by Crippen LogP contribution is -2.16. The Hall–Kier alpha value is -4.05. The number of anilines is 2. The monoisotopic (exact) mass is 493 g/mol. The summed E-state index contributed by atoms with van der Waals surface area (Å²) in [6, 6.07) is 14.9. The molecule has 0 aliphatic carbocycles. The van der Waals surface area contributed by atoms with Crippen molar-refractivity contribution in [3.63, 3.8) is 0 Å². The SMILES string of the molecule is CCCOC(=O)c1ccc(NC(=O)c2cccnc2SCC(=O)Nc2ccc3c(c2)OCO3)cc1. The van der Waals surface area contributed by atoms with Crippen molar-refractivity contribution >= 4 is 40.9 Å². The number of nitrogens with zero attached hydrogens (tertiary/aromatic N) is 1. The smallest absolute Gasteiger partial charge is 0.338 e. The number of carbonyl (C=O) groups excluding carboxylic acids is 3. The molecule has 0 fully saturated rings. The van der Waals surface area contributed by atoms with Gasteiger partial charge in [-0.25, -0.2) is 9.78 Å². The molecule has 9 nitrogen and oxygen atoms in total. The Balaban J connectivity index is 1.34. The van der Waals surface area contributed by atoms with Crippen LogP contribution in [0.4, 0.5) is 11.4 Å². The summed E-state index contributed by atoms with van der Waals surface area (Å²) in [5.41, 5.74) is 1.84. The molecule has 0 unspecified atom stereocenters. The van der Waals surface area contributed by atoms with Crippen LogP contribution >= 0.6 is 11.8 Å². The summed E-state index contributed by atoms with van der Waals surface area (Å²) in [7, 11) is 0. The molecule has 180 valence electrons. The Morgan fingerprint density at radius 2 is 1.77 bits per heavy atom. The van der Waals surface area contributed by atoms with E-state index in [4.69, 9.17) is 14.2 Å². The van der Waals surface area contributed by atoms with E-state index in [-0.39, 0.29) is 24.4 Å². The van der Waals surface area contributed by atoms with Crippen molar-refractivity contribution < 1.29 is 28.6 Å². The van der Waals surface area contributed by atoms with Crippen LogP contribution in [0.25, 0.3) is 0 Å². The van der Waals surface area contributed by atoms with Crippen LogP contribution in [-0.2, 0) is 9.53 Å². The minimum Gasteiger partial charge on any atom is -0.462 e. The van der Waals surface area contributed by atoms with Crippen LogP contribution in [0.3, 0.4) is 0 Å². The standard InChI is InChI=1S/C25H23N3O6S/c1-2-12-32-25(31)16-5-7-17(8-6-16)28-23(30)19-4-3-11-26-24(19)35-14-22(29)27-18-9-10-20-21(13-18)34-15-33-20/h3-11,13H,2,12,14-15H2,1H3,(H,27,29)(H,28,30). The van der Waals surface area contributed by atoms with Crippen LogP contribution in [0.1, 0.15) is 34.1 Å². The van der Waals surface area contributed by atoms with Gasteiger partial charge in [0, 0.05) is 23.6 Å². The number of nitrogens with one attached hydrogen (secondary N) is 2. The average Bonchev–Trinajstić information content (AvgIpc) is 3.34. The van der Waals surface area contributed by atoms with Gasteiger partial charge in [0.1, 0.15) is 5.03 Å². The number of pyridine rings is 1. The van der Waals surface area contributed by atoms with Gasteiger partial charge < -0.3 is 24.8 Å². The molecule has 0 saturated carbocycles. The van der Waals surface area contributed by atoms with E-state index in [0.29, 0.717) is 45.6 Å². The van der Waals surface area contributed by atoms with E-state index < -0.39 is 5.97 Å². The highest BCUT2D eigenvalue weighted by Gasteiger charge is 2.17. The quantitative estimate of drug-likeness (QED) is 0.334. The van der Waals surface area contributed by atoms with Gasteiger partial charge in [0.2, 0.25) is 12.7 Å². The Labute approximate surface area is 206 Å². The van der Waals surface area contributed by atoms with Gasteiger partial charge in [-0.2, -0.15) is 0 Å². The molecule has 0 spiro atoms. The fourth-order valence-electron chi connectivity index (χ4n) is 3.15. The van der Waals surface area contributed by atoms with Crippen molar-refractivity contribution in [2.75, 3.05) is 29.8 Å². The van der Waals surface area contributed by atoms with E-state index in [0.717, 1.165) is 18.2 Å². The van der Waals surface area contributed by atoms with Crippen molar-refractivity contribution in [2.45, 2.75) is 18.4 Å². The maximum Gasteiger partial charge on any atom is 0.338 e. The lowest BCUT2D eigenvalue weighted by molar-refractivity contribution is -0.113. The average molecular weight is 494 g/mol. The third-order valence-corrected chi connectivity index (χ3v) is 5.83. The molecular formula is C25H23N3O6S. The van der Waals surface area contributed by atoms with E-state index in [1.807, 2.05) is 6.92 Å². The van der Waals surface area contributed by atoms with E-state index in [9.17, 15) is 14.4 Å². The Kier molecular flexibility index (Phi) is 7.84. The molecule has 2 N–H and O–H groups in total. The zero-order valence-corrected chi connectivity index (χ0v) is 19.7. The molecule has 2 aromatic carbocycles. The van der Waals surface area contributed by atoms with Crippen molar-refractivity contribution in [3.8, 4) is 11.5 Å². The number of carbonyl (C=O) groups is 3. The maximum atomic E-state index is 12.9. The lowest BCUT2D eigenvalue weighted by Gasteiger charge is -2.10. The molecular weight excluding hydrogens is 470 g/mol. The van der Waals surface area contributed by atoms with Gasteiger partial charge in [-0.05, 0) is 55.0 Å². The molecule has 1 aromatic heterocycles. The largest absolute Gasteiger partial charge is 0.462 e. The van der Waals surface area contributed by atoms with Gasteiger partial charge in [0.15, 0.2) is 11.5 Å². The molecule has 35 heavy (non-hydrogen) atoms. The highest BCUT2D eigenvalue weighted by molar-refractivity contribution is 8.00. The molecule has 1 aliphatic heterocycles. The second-order valence-electron chi connectivity index (χ2n) is 7.43. The summed E-state index contributed by atoms with van der Waals surface area (Å²) in [5, 5.41) is 6.01. The number of amides is 2. The number of benzene rings is 2. The predicted molar refractivity (Wildman–Crippen MR) is 131 cm³/mol. The van der Waals surface area contributed by atoms with Gasteiger partial charge in [-0.1, -0.05) is 18.7 Å². The number of aromatic nitrogens is 1. The number of hydrogen-bond acceptors (Lipinski definition) is 8. The molecule has 0 atom stereocenters. The molecule has 0 saturated heterocycles. The Morgan fingerprint density at radius 1 is 1.00 bits per heavy atom. The Bertz CT molecular complexity index is 1230. The van der Waals surface area contributed by atoms with Gasteiger partial charge in [-0.15, -0.1) is 0 Å². The van der Waals surface area contributed by atoms with Gasteiger partial charge in [0.05, 0.1) is 23.5 Å². The summed E-state index contributed by atoms with van der Waals surface area (Å²) in [6.45, 7) is 2.43. The van der Waals surface area contributed by atoms with E-state index in [1.54, 1.807) is 60.8 Å². The third kappa shape index (κ3) is 6.30. The molecule has 0 bridgehead atoms. The van der Waals surface area contributed by atoms with Crippen molar-refractivity contribution in [1.82, 2.24) is 4.98 Å². The number of fused-ring (bicyclic) bond motifs is 1. The first-order valence-corrected chi connectivity index (χ1v) is 11.9. The van der Waals surface area contributed by atoms with Crippen LogP contribution in [0.2, 0.25) is 0 Å². The van der Waals surface area contributed by atoms with E-state index in [1.165, 1.54) is 0 Å². The molecule has 3 aromatic rings. The number of thioether (sulfide) groups is 1. The summed E-state index contributed by atoms with van der Waals surface area (Å²) in [5.74, 6) is 0.224. The summed E-state index contributed by atoms with van der Waals surface area (Å²) >= 11 is 1.15. The van der Waals surface area contributed by atoms with Crippen LogP contribution in [-0.4, -0.2) is 41.9 Å². The Morgan fingerprint density at radius 3 is 2.57 bits per heavy atom. The van der Waals surface area contributed by atoms with Gasteiger partial charge >= 0.3 is 5.97 Å². The fraction of sp³-hybridized carbons (Fsp3) is 0.200. The molecule has 2 heterocycles. The van der Waals surface area contributed by atoms with Crippen molar-refractivity contribution in [1.29, 1.82) is 0 Å². The van der Waals surface area contributed by atoms with Crippen LogP contribution in [0, 0.1) is 0 Å². The topological polar surface area (TPSA) is 116 Å². The van der Waals surface area contributed by atoms with Gasteiger partial charge in [-0.3, -0.25) is 9.59 Å². The van der Waals surface area contributed by atoms with Crippen LogP contribution < -0.4 is 20.1 Å². The van der Waals surface area contributed by atoms with Crippen LogP contribution in [0.15, 0.2) is 65.8 Å². The normalized spacial score (nSPS) is 11.6. The van der Waals surface area contributed by atoms with E-state index in [2.05, 4.69) is 15.6 Å². The highest BCUT2D eigenvalue weighted by Crippen LogP contribution is 2.34. The van der Waals surface area contributed by atoms with E-state index >= 15 is 0 Å². The van der Waals surface area contributed by atoms with Gasteiger partial charge in [0.25, 0.3) is 5.91 Å². The minimum atomic E-state index is -0.408. The first kappa shape index (κ1) is 24.1. The van der Waals surface area contributed by atoms with Crippen molar-refractivity contribution in [2.24, 2.45) is 0 Å².